The van der Waals surface area contributed by atoms with E-state index >= 15 is 0 Å². The molecule has 0 unspecified atom stereocenters. The predicted octanol–water partition coefficient (Wildman–Crippen LogP) is 4.44. The van der Waals surface area contributed by atoms with Gasteiger partial charge in [-0.3, -0.25) is 14.9 Å². The molecule has 0 saturated carbocycles. The molecule has 130 valence electrons. The first-order valence-electron chi connectivity index (χ1n) is 7.84. The van der Waals surface area contributed by atoms with Gasteiger partial charge >= 0.3 is 5.00 Å². The lowest BCUT2D eigenvalue weighted by Crippen LogP contribution is -2.16. The smallest absolute Gasteiger partial charge is 0.316 e. The first-order valence-corrected chi connectivity index (χ1v) is 9.48. The number of hydrogen-bond acceptors (Lipinski definition) is 5. The number of benzene rings is 1. The van der Waals surface area contributed by atoms with Crippen molar-refractivity contribution >= 4 is 43.8 Å². The van der Waals surface area contributed by atoms with Gasteiger partial charge in [0.05, 0.1) is 15.1 Å². The number of nitrogens with zero attached hydrogens (tertiary/aromatic N) is 3. The number of hydrogen-bond donors (Lipinski definition) is 0. The zero-order valence-corrected chi connectivity index (χ0v) is 15.7. The van der Waals surface area contributed by atoms with Gasteiger partial charge in [0.2, 0.25) is 0 Å². The van der Waals surface area contributed by atoms with Crippen molar-refractivity contribution < 1.29 is 9.72 Å². The number of thiophene rings is 1. The molecule has 1 amide bonds. The summed E-state index contributed by atoms with van der Waals surface area (Å²) in [6.07, 6.45) is 0.921. The lowest BCUT2D eigenvalue weighted by molar-refractivity contribution is -0.380. The summed E-state index contributed by atoms with van der Waals surface area (Å²) < 4.78 is 3.13. The summed E-state index contributed by atoms with van der Waals surface area (Å²) in [4.78, 5) is 27.9. The number of rotatable bonds is 4. The van der Waals surface area contributed by atoms with Crippen LogP contribution >= 0.6 is 22.7 Å². The van der Waals surface area contributed by atoms with E-state index < -0.39 is 10.8 Å². The number of carbonyl (C=O) groups is 1. The molecule has 3 aromatic rings. The van der Waals surface area contributed by atoms with Crippen LogP contribution in [0.15, 0.2) is 29.3 Å². The van der Waals surface area contributed by atoms with E-state index in [1.165, 1.54) is 34.6 Å². The number of thiazole rings is 1. The van der Waals surface area contributed by atoms with Crippen molar-refractivity contribution in [2.45, 2.75) is 33.7 Å². The zero-order valence-electron chi connectivity index (χ0n) is 14.1. The van der Waals surface area contributed by atoms with Crippen molar-refractivity contribution in [1.29, 1.82) is 0 Å². The fraction of sp³-hybridized carbons (Fsp3) is 0.294. The van der Waals surface area contributed by atoms with Gasteiger partial charge < -0.3 is 4.57 Å². The maximum absolute atomic E-state index is 12.4. The highest BCUT2D eigenvalue weighted by molar-refractivity contribution is 7.17. The third-order valence-electron chi connectivity index (χ3n) is 3.93. The molecule has 0 saturated heterocycles. The molecule has 0 aliphatic carbocycles. The first kappa shape index (κ1) is 17.5. The Labute approximate surface area is 152 Å². The second-order valence-corrected chi connectivity index (χ2v) is 7.82. The van der Waals surface area contributed by atoms with Gasteiger partial charge in [-0.1, -0.05) is 29.6 Å². The molecule has 25 heavy (non-hydrogen) atoms. The summed E-state index contributed by atoms with van der Waals surface area (Å²) in [5, 5.41) is 10.7. The molecule has 6 nitrogen and oxygen atoms in total. The Kier molecular flexibility index (Phi) is 4.82. The minimum atomic E-state index is -0.496. The van der Waals surface area contributed by atoms with Gasteiger partial charge in [-0.25, -0.2) is 0 Å². The molecule has 2 aromatic heterocycles. The highest BCUT2D eigenvalue weighted by Gasteiger charge is 2.16. The minimum absolute atomic E-state index is 0.0532. The number of fused-ring (bicyclic) bond motifs is 1. The Hall–Kier alpha value is -2.32. The third-order valence-corrected chi connectivity index (χ3v) is 5.99. The van der Waals surface area contributed by atoms with E-state index in [0.29, 0.717) is 4.80 Å². The van der Waals surface area contributed by atoms with Crippen molar-refractivity contribution in [3.63, 3.8) is 0 Å². The highest BCUT2D eigenvalue weighted by atomic mass is 32.1. The topological polar surface area (TPSA) is 77.5 Å². The van der Waals surface area contributed by atoms with Crippen molar-refractivity contribution in [2.75, 3.05) is 0 Å². The van der Waals surface area contributed by atoms with Crippen LogP contribution in [0.3, 0.4) is 0 Å². The normalized spacial score (nSPS) is 12.0. The molecular weight excluding hydrogens is 358 g/mol. The van der Waals surface area contributed by atoms with Crippen LogP contribution in [0.4, 0.5) is 5.00 Å². The van der Waals surface area contributed by atoms with E-state index in [4.69, 9.17) is 0 Å². The highest BCUT2D eigenvalue weighted by Crippen LogP contribution is 2.25. The quantitative estimate of drug-likeness (QED) is 0.499. The van der Waals surface area contributed by atoms with Crippen LogP contribution in [-0.2, 0) is 6.54 Å². The third kappa shape index (κ3) is 3.40. The van der Waals surface area contributed by atoms with E-state index in [1.54, 1.807) is 0 Å². The fourth-order valence-electron chi connectivity index (χ4n) is 2.53. The molecule has 0 spiro atoms. The van der Waals surface area contributed by atoms with Crippen LogP contribution in [0.25, 0.3) is 10.2 Å². The summed E-state index contributed by atoms with van der Waals surface area (Å²) in [6, 6.07) is 7.03. The molecule has 0 aliphatic heterocycles. The predicted molar refractivity (Wildman–Crippen MR) is 100 cm³/mol. The second kappa shape index (κ2) is 6.89. The maximum Gasteiger partial charge on any atom is 0.324 e. The van der Waals surface area contributed by atoms with Crippen LogP contribution in [0, 0.1) is 24.0 Å². The molecular formula is C17H17N3O3S2. The van der Waals surface area contributed by atoms with Crippen LogP contribution < -0.4 is 4.80 Å². The Morgan fingerprint density at radius 1 is 1.24 bits per heavy atom. The van der Waals surface area contributed by atoms with Gasteiger partial charge in [0, 0.05) is 12.6 Å². The number of aryl methyl sites for hydroxylation is 3. The summed E-state index contributed by atoms with van der Waals surface area (Å²) in [7, 11) is 0. The van der Waals surface area contributed by atoms with Crippen LogP contribution in [0.5, 0.6) is 0 Å². The van der Waals surface area contributed by atoms with Gasteiger partial charge in [0.1, 0.15) is 4.88 Å². The van der Waals surface area contributed by atoms with Crippen LogP contribution in [0.2, 0.25) is 0 Å². The molecule has 0 atom stereocenters. The monoisotopic (exact) mass is 375 g/mol. The van der Waals surface area contributed by atoms with Crippen molar-refractivity contribution in [3.05, 3.63) is 55.2 Å². The standard InChI is InChI=1S/C17H17N3O3S2/c1-4-7-19-12-8-10(2)11(3)9-14(12)25-17(19)18-16(21)13-5-6-15(24-13)20(22)23/h5-6,8-9H,4,7H2,1-3H3. The summed E-state index contributed by atoms with van der Waals surface area (Å²) >= 11 is 2.32. The zero-order chi connectivity index (χ0) is 18.1. The van der Waals surface area contributed by atoms with E-state index in [0.717, 1.165) is 34.5 Å². The molecule has 0 aliphatic rings. The van der Waals surface area contributed by atoms with E-state index in [-0.39, 0.29) is 9.88 Å². The van der Waals surface area contributed by atoms with E-state index in [1.807, 2.05) is 4.57 Å². The molecule has 0 N–H and O–H groups in total. The van der Waals surface area contributed by atoms with Crippen LogP contribution in [-0.4, -0.2) is 15.4 Å². The van der Waals surface area contributed by atoms with Crippen molar-refractivity contribution in [2.24, 2.45) is 4.99 Å². The largest absolute Gasteiger partial charge is 0.324 e. The number of nitro groups is 1. The average Bonchev–Trinajstić information content (AvgIpc) is 3.16. The lowest BCUT2D eigenvalue weighted by Gasteiger charge is -2.05. The number of carbonyl (C=O) groups excluding carboxylic acids is 1. The summed E-state index contributed by atoms with van der Waals surface area (Å²) in [5.74, 6) is -0.442. The SMILES string of the molecule is CCCn1c(=NC(=O)c2ccc([N+](=O)[O-])s2)sc2cc(C)c(C)cc21. The lowest BCUT2D eigenvalue weighted by atomic mass is 10.1. The fourth-order valence-corrected chi connectivity index (χ4v) is 4.37. The summed E-state index contributed by atoms with van der Waals surface area (Å²) in [6.45, 7) is 6.96. The Morgan fingerprint density at radius 2 is 1.96 bits per heavy atom. The van der Waals surface area contributed by atoms with Crippen molar-refractivity contribution in [3.8, 4) is 0 Å². The maximum atomic E-state index is 12.4. The molecule has 0 radical (unpaired) electrons. The van der Waals surface area contributed by atoms with Gasteiger partial charge in [-0.15, -0.1) is 0 Å². The van der Waals surface area contributed by atoms with Gasteiger partial charge in [-0.2, -0.15) is 4.99 Å². The average molecular weight is 375 g/mol. The Balaban J connectivity index is 2.12. The first-order chi connectivity index (χ1) is 11.9. The number of aromatic nitrogens is 1. The van der Waals surface area contributed by atoms with Gasteiger partial charge in [0.25, 0.3) is 5.91 Å². The minimum Gasteiger partial charge on any atom is -0.316 e. The van der Waals surface area contributed by atoms with Gasteiger partial charge in [-0.05, 0) is 49.6 Å². The van der Waals surface area contributed by atoms with Crippen LogP contribution in [0.1, 0.15) is 34.1 Å². The summed E-state index contributed by atoms with van der Waals surface area (Å²) in [5.41, 5.74) is 3.46. The molecule has 1 aromatic carbocycles. The molecule has 8 heteroatoms. The Bertz CT molecular complexity index is 1040. The second-order valence-electron chi connectivity index (χ2n) is 5.75. The van der Waals surface area contributed by atoms with E-state index in [9.17, 15) is 14.9 Å². The van der Waals surface area contributed by atoms with Gasteiger partial charge in [0.15, 0.2) is 4.80 Å². The Morgan fingerprint density at radius 3 is 2.60 bits per heavy atom. The van der Waals surface area contributed by atoms with E-state index in [2.05, 4.69) is 37.9 Å². The van der Waals surface area contributed by atoms with Crippen molar-refractivity contribution in [1.82, 2.24) is 4.57 Å². The molecule has 0 bridgehead atoms. The molecule has 2 heterocycles. The molecule has 3 rings (SSSR count). The number of amides is 1. The molecule has 0 fully saturated rings.